The Bertz CT molecular complexity index is 905. The molecule has 1 aromatic heterocycles. The SMILES string of the molecule is CCCCCNC(=O)CCc1ccc(OC(C)C)cc1Oc1ncc(C(F)(F)F)cc1Cl. The molecule has 176 valence electrons. The lowest BCUT2D eigenvalue weighted by molar-refractivity contribution is -0.137. The van der Waals surface area contributed by atoms with Crippen LogP contribution in [0.3, 0.4) is 0 Å². The van der Waals surface area contributed by atoms with Crippen LogP contribution in [-0.4, -0.2) is 23.5 Å². The molecule has 0 aliphatic heterocycles. The molecule has 2 aromatic rings. The number of hydrogen-bond acceptors (Lipinski definition) is 4. The predicted octanol–water partition coefficient (Wildman–Crippen LogP) is 6.57. The zero-order valence-corrected chi connectivity index (χ0v) is 19.1. The van der Waals surface area contributed by atoms with E-state index in [2.05, 4.69) is 17.2 Å². The highest BCUT2D eigenvalue weighted by molar-refractivity contribution is 6.31. The molecule has 1 heterocycles. The van der Waals surface area contributed by atoms with Crippen LogP contribution in [0.15, 0.2) is 30.5 Å². The van der Waals surface area contributed by atoms with Gasteiger partial charge in [0.1, 0.15) is 16.5 Å². The monoisotopic (exact) mass is 472 g/mol. The lowest BCUT2D eigenvalue weighted by Crippen LogP contribution is -2.24. The van der Waals surface area contributed by atoms with Crippen molar-refractivity contribution in [1.82, 2.24) is 10.3 Å². The fourth-order valence-electron chi connectivity index (χ4n) is 2.88. The number of benzene rings is 1. The number of aromatic nitrogens is 1. The molecule has 0 bridgehead atoms. The van der Waals surface area contributed by atoms with Gasteiger partial charge in [-0.3, -0.25) is 4.79 Å². The Morgan fingerprint density at radius 2 is 1.97 bits per heavy atom. The summed E-state index contributed by atoms with van der Waals surface area (Å²) >= 11 is 5.99. The Morgan fingerprint density at radius 1 is 1.22 bits per heavy atom. The average Bonchev–Trinajstić information content (AvgIpc) is 2.71. The minimum atomic E-state index is -4.56. The van der Waals surface area contributed by atoms with Crippen LogP contribution in [0.2, 0.25) is 5.02 Å². The first-order chi connectivity index (χ1) is 15.1. The lowest BCUT2D eigenvalue weighted by Gasteiger charge is -2.16. The first-order valence-corrected chi connectivity index (χ1v) is 10.9. The van der Waals surface area contributed by atoms with Gasteiger partial charge in [-0.25, -0.2) is 4.98 Å². The van der Waals surface area contributed by atoms with E-state index in [0.29, 0.717) is 36.2 Å². The van der Waals surface area contributed by atoms with E-state index in [1.54, 1.807) is 18.2 Å². The maximum absolute atomic E-state index is 12.9. The third-order valence-electron chi connectivity index (χ3n) is 4.48. The van der Waals surface area contributed by atoms with Gasteiger partial charge in [0, 0.05) is 25.2 Å². The van der Waals surface area contributed by atoms with Gasteiger partial charge in [-0.05, 0) is 44.4 Å². The van der Waals surface area contributed by atoms with Gasteiger partial charge in [0.2, 0.25) is 11.8 Å². The van der Waals surface area contributed by atoms with Crippen LogP contribution in [0.1, 0.15) is 57.6 Å². The summed E-state index contributed by atoms with van der Waals surface area (Å²) in [5.74, 6) is 0.591. The Kier molecular flexibility index (Phi) is 9.62. The number of alkyl halides is 3. The van der Waals surface area contributed by atoms with Crippen molar-refractivity contribution in [2.75, 3.05) is 6.54 Å². The van der Waals surface area contributed by atoms with Gasteiger partial charge in [0.15, 0.2) is 0 Å². The Balaban J connectivity index is 2.18. The minimum Gasteiger partial charge on any atom is -0.491 e. The lowest BCUT2D eigenvalue weighted by atomic mass is 10.1. The molecule has 5 nitrogen and oxygen atoms in total. The molecule has 1 N–H and O–H groups in total. The molecule has 1 amide bonds. The molecule has 0 radical (unpaired) electrons. The number of rotatable bonds is 11. The number of unbranched alkanes of at least 4 members (excludes halogenated alkanes) is 2. The molecule has 0 unspecified atom stereocenters. The van der Waals surface area contributed by atoms with Crippen LogP contribution in [-0.2, 0) is 17.4 Å². The number of hydrogen-bond donors (Lipinski definition) is 1. The molecular weight excluding hydrogens is 445 g/mol. The Labute approximate surface area is 191 Å². The largest absolute Gasteiger partial charge is 0.491 e. The number of halogens is 4. The average molecular weight is 473 g/mol. The van der Waals surface area contributed by atoms with E-state index >= 15 is 0 Å². The molecule has 9 heteroatoms. The van der Waals surface area contributed by atoms with Gasteiger partial charge in [-0.1, -0.05) is 37.4 Å². The number of carbonyl (C=O) groups excluding carboxylic acids is 1. The summed E-state index contributed by atoms with van der Waals surface area (Å²) in [6.07, 6.45) is -0.324. The summed E-state index contributed by atoms with van der Waals surface area (Å²) in [6, 6.07) is 5.89. The maximum atomic E-state index is 12.9. The summed E-state index contributed by atoms with van der Waals surface area (Å²) in [6.45, 7) is 6.45. The van der Waals surface area contributed by atoms with Crippen molar-refractivity contribution in [3.8, 4) is 17.4 Å². The van der Waals surface area contributed by atoms with E-state index in [-0.39, 0.29) is 29.3 Å². The molecule has 0 saturated heterocycles. The highest BCUT2D eigenvalue weighted by Gasteiger charge is 2.32. The normalized spacial score (nSPS) is 11.5. The Hall–Kier alpha value is -2.48. The van der Waals surface area contributed by atoms with Gasteiger partial charge in [0.25, 0.3) is 0 Å². The number of ether oxygens (including phenoxy) is 2. The zero-order valence-electron chi connectivity index (χ0n) is 18.4. The number of nitrogens with zero attached hydrogens (tertiary/aromatic N) is 1. The number of aryl methyl sites for hydroxylation is 1. The third-order valence-corrected chi connectivity index (χ3v) is 4.75. The Morgan fingerprint density at radius 3 is 2.59 bits per heavy atom. The van der Waals surface area contributed by atoms with Crippen molar-refractivity contribution in [2.24, 2.45) is 0 Å². The molecular formula is C23H28ClF3N2O3. The predicted molar refractivity (Wildman–Crippen MR) is 117 cm³/mol. The first kappa shape index (κ1) is 25.8. The van der Waals surface area contributed by atoms with Crippen molar-refractivity contribution in [3.05, 3.63) is 46.6 Å². The summed E-state index contributed by atoms with van der Waals surface area (Å²) in [5, 5.41) is 2.61. The van der Waals surface area contributed by atoms with E-state index in [1.807, 2.05) is 13.8 Å². The van der Waals surface area contributed by atoms with Crippen LogP contribution in [0, 0.1) is 0 Å². The van der Waals surface area contributed by atoms with E-state index < -0.39 is 11.7 Å². The van der Waals surface area contributed by atoms with Crippen LogP contribution >= 0.6 is 11.6 Å². The van der Waals surface area contributed by atoms with E-state index in [4.69, 9.17) is 21.1 Å². The van der Waals surface area contributed by atoms with Gasteiger partial charge in [0.05, 0.1) is 11.7 Å². The molecule has 0 spiro atoms. The minimum absolute atomic E-state index is 0.0831. The molecule has 0 fully saturated rings. The fraction of sp³-hybridized carbons (Fsp3) is 0.478. The highest BCUT2D eigenvalue weighted by Crippen LogP contribution is 2.36. The van der Waals surface area contributed by atoms with Crippen molar-refractivity contribution < 1.29 is 27.4 Å². The number of carbonyl (C=O) groups is 1. The van der Waals surface area contributed by atoms with Crippen molar-refractivity contribution in [1.29, 1.82) is 0 Å². The second kappa shape index (κ2) is 11.9. The second-order valence-corrected chi connectivity index (χ2v) is 8.01. The smallest absolute Gasteiger partial charge is 0.417 e. The number of pyridine rings is 1. The topological polar surface area (TPSA) is 60.5 Å². The van der Waals surface area contributed by atoms with Gasteiger partial charge >= 0.3 is 6.18 Å². The van der Waals surface area contributed by atoms with Crippen molar-refractivity contribution in [2.45, 2.75) is 65.2 Å². The highest BCUT2D eigenvalue weighted by atomic mass is 35.5. The summed E-state index contributed by atoms with van der Waals surface area (Å²) < 4.78 is 50.1. The molecule has 0 aliphatic carbocycles. The van der Waals surface area contributed by atoms with Gasteiger partial charge in [-0.15, -0.1) is 0 Å². The second-order valence-electron chi connectivity index (χ2n) is 7.60. The summed E-state index contributed by atoms with van der Waals surface area (Å²) in [7, 11) is 0. The zero-order chi connectivity index (χ0) is 23.7. The van der Waals surface area contributed by atoms with Crippen LogP contribution in [0.5, 0.6) is 17.4 Å². The molecule has 0 atom stereocenters. The number of nitrogens with one attached hydrogen (secondary N) is 1. The molecule has 32 heavy (non-hydrogen) atoms. The fourth-order valence-corrected chi connectivity index (χ4v) is 3.09. The van der Waals surface area contributed by atoms with E-state index in [0.717, 1.165) is 25.3 Å². The quantitative estimate of drug-likeness (QED) is 0.375. The van der Waals surface area contributed by atoms with Crippen LogP contribution in [0.25, 0.3) is 0 Å². The van der Waals surface area contributed by atoms with E-state index in [9.17, 15) is 18.0 Å². The number of amides is 1. The molecule has 1 aromatic carbocycles. The molecule has 0 aliphatic rings. The molecule has 2 rings (SSSR count). The van der Waals surface area contributed by atoms with Crippen LogP contribution in [0.4, 0.5) is 13.2 Å². The standard InChI is InChI=1S/C23H28ClF3N2O3/c1-4-5-6-11-28-21(30)10-8-16-7-9-18(31-15(2)3)13-20(16)32-22-19(24)12-17(14-29-22)23(25,26)27/h7,9,12-15H,4-6,8,10-11H2,1-3H3,(H,28,30). The third kappa shape index (κ3) is 8.22. The van der Waals surface area contributed by atoms with Gasteiger partial charge < -0.3 is 14.8 Å². The van der Waals surface area contributed by atoms with Gasteiger partial charge in [-0.2, -0.15) is 13.2 Å². The van der Waals surface area contributed by atoms with Crippen molar-refractivity contribution in [3.63, 3.8) is 0 Å². The van der Waals surface area contributed by atoms with Crippen LogP contribution < -0.4 is 14.8 Å². The maximum Gasteiger partial charge on any atom is 0.417 e. The van der Waals surface area contributed by atoms with Crippen molar-refractivity contribution >= 4 is 17.5 Å². The van der Waals surface area contributed by atoms with E-state index in [1.165, 1.54) is 0 Å². The first-order valence-electron chi connectivity index (χ1n) is 10.6. The summed E-state index contributed by atoms with van der Waals surface area (Å²) in [4.78, 5) is 15.9. The molecule has 0 saturated carbocycles. The summed E-state index contributed by atoms with van der Waals surface area (Å²) in [5.41, 5.74) is -0.283.